The van der Waals surface area contributed by atoms with E-state index in [1.54, 1.807) is 18.2 Å². The van der Waals surface area contributed by atoms with Gasteiger partial charge in [0.05, 0.1) is 0 Å². The zero-order valence-electron chi connectivity index (χ0n) is 9.39. The fourth-order valence-electron chi connectivity index (χ4n) is 1.94. The Balaban J connectivity index is 2.26. The number of hydrogen-bond donors (Lipinski definition) is 2. The first-order valence-electron chi connectivity index (χ1n) is 5.49. The summed E-state index contributed by atoms with van der Waals surface area (Å²) in [7, 11) is 0. The number of aliphatic hydroxyl groups excluding tert-OH is 1. The minimum absolute atomic E-state index is 0.202. The van der Waals surface area contributed by atoms with Crippen molar-refractivity contribution in [2.75, 3.05) is 0 Å². The van der Waals surface area contributed by atoms with Crippen LogP contribution in [-0.2, 0) is 6.61 Å². The molecule has 0 aliphatic carbocycles. The molecule has 0 amide bonds. The van der Waals surface area contributed by atoms with Crippen LogP contribution in [0.5, 0.6) is 0 Å². The lowest BCUT2D eigenvalue weighted by Crippen LogP contribution is -1.87. The third kappa shape index (κ3) is 1.65. The Morgan fingerprint density at radius 2 is 1.89 bits per heavy atom. The maximum absolute atomic E-state index is 13.7. The highest BCUT2D eigenvalue weighted by Crippen LogP contribution is 2.27. The van der Waals surface area contributed by atoms with Crippen LogP contribution in [0.1, 0.15) is 5.82 Å². The standard InChI is InChI=1S/C13H10FN3O/c14-11-6-5-10(8-3-1-2-4-9(8)11)13-15-12(7-18)16-17-13/h1-6,18H,7H2,(H,15,16,17). The van der Waals surface area contributed by atoms with Crippen LogP contribution in [0, 0.1) is 5.82 Å². The Bertz CT molecular complexity index is 708. The van der Waals surface area contributed by atoms with E-state index < -0.39 is 0 Å². The lowest BCUT2D eigenvalue weighted by atomic mass is 10.0. The van der Waals surface area contributed by atoms with Crippen molar-refractivity contribution in [3.05, 3.63) is 48.0 Å². The molecule has 3 aromatic rings. The lowest BCUT2D eigenvalue weighted by Gasteiger charge is -2.03. The fraction of sp³-hybridized carbons (Fsp3) is 0.0769. The van der Waals surface area contributed by atoms with Gasteiger partial charge in [-0.1, -0.05) is 24.3 Å². The second kappa shape index (κ2) is 4.19. The first-order chi connectivity index (χ1) is 8.79. The second-order valence-corrected chi connectivity index (χ2v) is 3.90. The normalized spacial score (nSPS) is 11.0. The number of H-pyrrole nitrogens is 1. The minimum Gasteiger partial charge on any atom is -0.388 e. The zero-order chi connectivity index (χ0) is 12.5. The summed E-state index contributed by atoms with van der Waals surface area (Å²) in [5, 5.41) is 16.9. The van der Waals surface area contributed by atoms with Gasteiger partial charge in [0.1, 0.15) is 12.4 Å². The molecule has 0 bridgehead atoms. The SMILES string of the molecule is OCc1nc(-c2ccc(F)c3ccccc23)n[nH]1. The largest absolute Gasteiger partial charge is 0.388 e. The van der Waals surface area contributed by atoms with Gasteiger partial charge in [0.15, 0.2) is 11.6 Å². The van der Waals surface area contributed by atoms with Gasteiger partial charge in [-0.2, -0.15) is 5.10 Å². The van der Waals surface area contributed by atoms with Gasteiger partial charge in [0, 0.05) is 10.9 Å². The van der Waals surface area contributed by atoms with E-state index in [-0.39, 0.29) is 12.4 Å². The van der Waals surface area contributed by atoms with Gasteiger partial charge in [-0.15, -0.1) is 0 Å². The molecule has 0 aliphatic heterocycles. The van der Waals surface area contributed by atoms with Crippen LogP contribution in [0.3, 0.4) is 0 Å². The van der Waals surface area contributed by atoms with Crippen molar-refractivity contribution in [3.8, 4) is 11.4 Å². The van der Waals surface area contributed by atoms with Crippen LogP contribution in [0.2, 0.25) is 0 Å². The Hall–Kier alpha value is -2.27. The highest BCUT2D eigenvalue weighted by molar-refractivity contribution is 5.95. The molecule has 0 saturated carbocycles. The van der Waals surface area contributed by atoms with E-state index in [4.69, 9.17) is 5.11 Å². The molecule has 0 unspecified atom stereocenters. The molecule has 2 N–H and O–H groups in total. The van der Waals surface area contributed by atoms with E-state index in [0.717, 1.165) is 10.9 Å². The van der Waals surface area contributed by atoms with Crippen molar-refractivity contribution in [3.63, 3.8) is 0 Å². The number of benzene rings is 2. The summed E-state index contributed by atoms with van der Waals surface area (Å²) in [6.45, 7) is -0.202. The number of hydrogen-bond acceptors (Lipinski definition) is 3. The van der Waals surface area contributed by atoms with Gasteiger partial charge < -0.3 is 5.11 Å². The van der Waals surface area contributed by atoms with Gasteiger partial charge in [0.25, 0.3) is 0 Å². The van der Waals surface area contributed by atoms with Crippen molar-refractivity contribution < 1.29 is 9.50 Å². The van der Waals surface area contributed by atoms with E-state index >= 15 is 0 Å². The van der Waals surface area contributed by atoms with Crippen molar-refractivity contribution in [1.82, 2.24) is 15.2 Å². The van der Waals surface area contributed by atoms with Crippen LogP contribution in [0.15, 0.2) is 36.4 Å². The summed E-state index contributed by atoms with van der Waals surface area (Å²) in [6, 6.07) is 10.2. The smallest absolute Gasteiger partial charge is 0.181 e. The highest BCUT2D eigenvalue weighted by Gasteiger charge is 2.11. The van der Waals surface area contributed by atoms with Crippen molar-refractivity contribution in [2.24, 2.45) is 0 Å². The molecule has 4 nitrogen and oxygen atoms in total. The number of nitrogens with zero attached hydrogens (tertiary/aromatic N) is 2. The predicted molar refractivity (Wildman–Crippen MR) is 65.2 cm³/mol. The Morgan fingerprint density at radius 3 is 2.61 bits per heavy atom. The first-order valence-corrected chi connectivity index (χ1v) is 5.49. The second-order valence-electron chi connectivity index (χ2n) is 3.90. The molecule has 0 saturated heterocycles. The summed E-state index contributed by atoms with van der Waals surface area (Å²) >= 11 is 0. The number of aromatic amines is 1. The summed E-state index contributed by atoms with van der Waals surface area (Å²) < 4.78 is 13.7. The highest BCUT2D eigenvalue weighted by atomic mass is 19.1. The number of halogens is 1. The molecule has 0 fully saturated rings. The van der Waals surface area contributed by atoms with Gasteiger partial charge >= 0.3 is 0 Å². The van der Waals surface area contributed by atoms with E-state index in [2.05, 4.69) is 15.2 Å². The molecule has 3 rings (SSSR count). The summed E-state index contributed by atoms with van der Waals surface area (Å²) in [6.07, 6.45) is 0. The molecule has 0 radical (unpaired) electrons. The van der Waals surface area contributed by atoms with E-state index in [1.165, 1.54) is 6.07 Å². The lowest BCUT2D eigenvalue weighted by molar-refractivity contribution is 0.272. The Kier molecular flexibility index (Phi) is 2.53. The van der Waals surface area contributed by atoms with Crippen LogP contribution < -0.4 is 0 Å². The molecule has 2 aromatic carbocycles. The molecule has 1 aromatic heterocycles. The van der Waals surface area contributed by atoms with Crippen molar-refractivity contribution >= 4 is 10.8 Å². The predicted octanol–water partition coefficient (Wildman–Crippen LogP) is 2.26. The zero-order valence-corrected chi connectivity index (χ0v) is 9.39. The number of aliphatic hydroxyl groups is 1. The molecule has 0 spiro atoms. The van der Waals surface area contributed by atoms with Crippen molar-refractivity contribution in [2.45, 2.75) is 6.61 Å². The number of fused-ring (bicyclic) bond motifs is 1. The average Bonchev–Trinajstić information content (AvgIpc) is 2.88. The maximum atomic E-state index is 13.7. The van der Waals surface area contributed by atoms with Crippen LogP contribution >= 0.6 is 0 Å². The van der Waals surface area contributed by atoms with E-state index in [0.29, 0.717) is 17.0 Å². The molecule has 18 heavy (non-hydrogen) atoms. The molecule has 5 heteroatoms. The maximum Gasteiger partial charge on any atom is 0.181 e. The van der Waals surface area contributed by atoms with Gasteiger partial charge in [0.2, 0.25) is 0 Å². The molecule has 0 atom stereocenters. The van der Waals surface area contributed by atoms with Gasteiger partial charge in [-0.25, -0.2) is 9.37 Å². The third-order valence-electron chi connectivity index (χ3n) is 2.79. The summed E-state index contributed by atoms with van der Waals surface area (Å²) in [4.78, 5) is 4.14. The van der Waals surface area contributed by atoms with Crippen LogP contribution in [0.25, 0.3) is 22.2 Å². The fourth-order valence-corrected chi connectivity index (χ4v) is 1.94. The van der Waals surface area contributed by atoms with Gasteiger partial charge in [-0.05, 0) is 17.5 Å². The number of nitrogens with one attached hydrogen (secondary N) is 1. The summed E-state index contributed by atoms with van der Waals surface area (Å²) in [5.74, 6) is 0.570. The molecule has 1 heterocycles. The van der Waals surface area contributed by atoms with Gasteiger partial charge in [-0.3, -0.25) is 5.10 Å². The Labute approximate surface area is 102 Å². The number of aromatic nitrogens is 3. The summed E-state index contributed by atoms with van der Waals surface area (Å²) in [5.41, 5.74) is 0.739. The monoisotopic (exact) mass is 243 g/mol. The van der Waals surface area contributed by atoms with Crippen molar-refractivity contribution in [1.29, 1.82) is 0 Å². The molecule has 0 aliphatic rings. The van der Waals surface area contributed by atoms with E-state index in [1.807, 2.05) is 12.1 Å². The Morgan fingerprint density at radius 1 is 1.11 bits per heavy atom. The topological polar surface area (TPSA) is 61.8 Å². The third-order valence-corrected chi connectivity index (χ3v) is 2.79. The minimum atomic E-state index is -0.271. The van der Waals surface area contributed by atoms with Crippen LogP contribution in [-0.4, -0.2) is 20.3 Å². The molecular weight excluding hydrogens is 233 g/mol. The van der Waals surface area contributed by atoms with E-state index in [9.17, 15) is 4.39 Å². The number of rotatable bonds is 2. The average molecular weight is 243 g/mol. The molecular formula is C13H10FN3O. The molecule has 90 valence electrons. The first kappa shape index (κ1) is 10.9. The van der Waals surface area contributed by atoms with Crippen LogP contribution in [0.4, 0.5) is 4.39 Å². The quantitative estimate of drug-likeness (QED) is 0.725.